The molecule has 7 nitrogen and oxygen atoms in total. The minimum absolute atomic E-state index is 0.115. The molecular formula is C27H25N3O4. The molecule has 4 rings (SSSR count). The van der Waals surface area contributed by atoms with Crippen molar-refractivity contribution in [2.45, 2.75) is 0 Å². The van der Waals surface area contributed by atoms with Crippen LogP contribution >= 0.6 is 0 Å². The molecule has 0 aliphatic heterocycles. The summed E-state index contributed by atoms with van der Waals surface area (Å²) in [5.41, 5.74) is 2.96. The molecule has 1 heterocycles. The van der Waals surface area contributed by atoms with E-state index in [0.717, 1.165) is 22.2 Å². The molecule has 0 fully saturated rings. The first-order valence-electron chi connectivity index (χ1n) is 10.9. The number of amides is 2. The van der Waals surface area contributed by atoms with Gasteiger partial charge in [-0.25, -0.2) is 4.98 Å². The van der Waals surface area contributed by atoms with Gasteiger partial charge in [-0.2, -0.15) is 0 Å². The first kappa shape index (κ1) is 22.8. The average molecular weight is 456 g/mol. The number of aromatic nitrogens is 1. The molecule has 4 aromatic rings. The fourth-order valence-electron chi connectivity index (χ4n) is 3.47. The fourth-order valence-corrected chi connectivity index (χ4v) is 3.47. The molecule has 34 heavy (non-hydrogen) atoms. The van der Waals surface area contributed by atoms with Crippen LogP contribution < -0.4 is 20.1 Å². The van der Waals surface area contributed by atoms with E-state index < -0.39 is 0 Å². The molecule has 0 spiro atoms. The van der Waals surface area contributed by atoms with Crippen LogP contribution in [0, 0.1) is 0 Å². The van der Waals surface area contributed by atoms with Gasteiger partial charge in [0.15, 0.2) is 6.61 Å². The summed E-state index contributed by atoms with van der Waals surface area (Å²) in [6.45, 7) is 0.450. The van der Waals surface area contributed by atoms with E-state index in [1.165, 1.54) is 0 Å². The van der Waals surface area contributed by atoms with Gasteiger partial charge in [0, 0.05) is 24.0 Å². The molecule has 0 radical (unpaired) electrons. The van der Waals surface area contributed by atoms with Crippen LogP contribution in [-0.2, 0) is 4.79 Å². The number of para-hydroxylation sites is 1. The minimum atomic E-state index is -0.272. The highest BCUT2D eigenvalue weighted by Gasteiger charge is 2.13. The van der Waals surface area contributed by atoms with E-state index in [9.17, 15) is 9.59 Å². The molecule has 2 N–H and O–H groups in total. The van der Waals surface area contributed by atoms with Crippen LogP contribution in [0.25, 0.3) is 22.2 Å². The molecule has 0 aliphatic rings. The number of carbonyl (C=O) groups is 2. The molecule has 0 saturated heterocycles. The number of fused-ring (bicyclic) bond motifs is 1. The van der Waals surface area contributed by atoms with E-state index in [1.54, 1.807) is 37.4 Å². The lowest BCUT2D eigenvalue weighted by molar-refractivity contribution is -0.123. The molecule has 1 aromatic heterocycles. The van der Waals surface area contributed by atoms with Crippen LogP contribution in [0.5, 0.6) is 11.5 Å². The normalized spacial score (nSPS) is 10.5. The van der Waals surface area contributed by atoms with E-state index in [0.29, 0.717) is 17.1 Å². The van der Waals surface area contributed by atoms with Crippen LogP contribution in [0.4, 0.5) is 0 Å². The Labute approximate surface area is 197 Å². The number of ether oxygens (including phenoxy) is 2. The third-order valence-electron chi connectivity index (χ3n) is 5.19. The SMILES string of the molecule is COc1ccc(OCC(=O)NCCNC(=O)c2cc(-c3ccccc3)nc3ccccc23)cc1. The highest BCUT2D eigenvalue weighted by Crippen LogP contribution is 2.24. The van der Waals surface area contributed by atoms with E-state index >= 15 is 0 Å². The monoisotopic (exact) mass is 455 g/mol. The van der Waals surface area contributed by atoms with E-state index in [4.69, 9.17) is 14.5 Å². The van der Waals surface area contributed by atoms with Crippen molar-refractivity contribution < 1.29 is 19.1 Å². The topological polar surface area (TPSA) is 89.5 Å². The molecule has 0 aliphatic carbocycles. The molecule has 2 amide bonds. The Balaban J connectivity index is 1.33. The summed E-state index contributed by atoms with van der Waals surface area (Å²) >= 11 is 0. The summed E-state index contributed by atoms with van der Waals surface area (Å²) in [7, 11) is 1.58. The summed E-state index contributed by atoms with van der Waals surface area (Å²) in [4.78, 5) is 29.7. The summed E-state index contributed by atoms with van der Waals surface area (Å²) in [5, 5.41) is 6.39. The van der Waals surface area contributed by atoms with Gasteiger partial charge in [0.05, 0.1) is 23.9 Å². The van der Waals surface area contributed by atoms with Gasteiger partial charge in [-0.05, 0) is 36.4 Å². The smallest absolute Gasteiger partial charge is 0.258 e. The van der Waals surface area contributed by atoms with Crippen molar-refractivity contribution in [3.8, 4) is 22.8 Å². The summed E-state index contributed by atoms with van der Waals surface area (Å²) < 4.78 is 10.5. The summed E-state index contributed by atoms with van der Waals surface area (Å²) in [6, 6.07) is 26.1. The van der Waals surface area contributed by atoms with Gasteiger partial charge < -0.3 is 20.1 Å². The lowest BCUT2D eigenvalue weighted by atomic mass is 10.0. The number of methoxy groups -OCH3 is 1. The Bertz CT molecular complexity index is 1270. The number of nitrogens with zero attached hydrogens (tertiary/aromatic N) is 1. The zero-order valence-corrected chi connectivity index (χ0v) is 18.8. The lowest BCUT2D eigenvalue weighted by Gasteiger charge is -2.11. The third-order valence-corrected chi connectivity index (χ3v) is 5.19. The summed E-state index contributed by atoms with van der Waals surface area (Å²) in [6.07, 6.45) is 0. The zero-order valence-electron chi connectivity index (χ0n) is 18.8. The Kier molecular flexibility index (Phi) is 7.35. The second kappa shape index (κ2) is 11.0. The van der Waals surface area contributed by atoms with Crippen molar-refractivity contribution in [2.75, 3.05) is 26.8 Å². The largest absolute Gasteiger partial charge is 0.497 e. The minimum Gasteiger partial charge on any atom is -0.497 e. The first-order chi connectivity index (χ1) is 16.6. The van der Waals surface area contributed by atoms with Crippen molar-refractivity contribution in [1.82, 2.24) is 15.6 Å². The number of hydrogen-bond acceptors (Lipinski definition) is 5. The van der Waals surface area contributed by atoms with Crippen molar-refractivity contribution in [2.24, 2.45) is 0 Å². The zero-order chi connectivity index (χ0) is 23.8. The molecule has 0 atom stereocenters. The fraction of sp³-hybridized carbons (Fsp3) is 0.148. The van der Waals surface area contributed by atoms with Gasteiger partial charge in [0.25, 0.3) is 11.8 Å². The number of rotatable bonds is 9. The second-order valence-electron chi connectivity index (χ2n) is 7.51. The van der Waals surface area contributed by atoms with Gasteiger partial charge in [0.2, 0.25) is 0 Å². The van der Waals surface area contributed by atoms with Crippen molar-refractivity contribution in [1.29, 1.82) is 0 Å². The maximum atomic E-state index is 13.0. The quantitative estimate of drug-likeness (QED) is 0.375. The molecular weight excluding hydrogens is 430 g/mol. The molecule has 0 unspecified atom stereocenters. The van der Waals surface area contributed by atoms with Crippen molar-refractivity contribution in [3.05, 3.63) is 90.5 Å². The number of pyridine rings is 1. The van der Waals surface area contributed by atoms with Crippen molar-refractivity contribution in [3.63, 3.8) is 0 Å². The van der Waals surface area contributed by atoms with Crippen molar-refractivity contribution >= 4 is 22.7 Å². The molecule has 0 bridgehead atoms. The highest BCUT2D eigenvalue weighted by molar-refractivity contribution is 6.07. The highest BCUT2D eigenvalue weighted by atomic mass is 16.5. The van der Waals surface area contributed by atoms with Gasteiger partial charge in [0.1, 0.15) is 11.5 Å². The maximum absolute atomic E-state index is 13.0. The van der Waals surface area contributed by atoms with Crippen LogP contribution in [-0.4, -0.2) is 43.6 Å². The van der Waals surface area contributed by atoms with Gasteiger partial charge >= 0.3 is 0 Å². The average Bonchev–Trinajstić information content (AvgIpc) is 2.90. The van der Waals surface area contributed by atoms with Crippen LogP contribution in [0.15, 0.2) is 84.9 Å². The Morgan fingerprint density at radius 2 is 1.50 bits per heavy atom. The lowest BCUT2D eigenvalue weighted by Crippen LogP contribution is -2.36. The van der Waals surface area contributed by atoms with E-state index in [1.807, 2.05) is 54.6 Å². The van der Waals surface area contributed by atoms with E-state index in [-0.39, 0.29) is 31.5 Å². The van der Waals surface area contributed by atoms with Gasteiger partial charge in [-0.3, -0.25) is 9.59 Å². The van der Waals surface area contributed by atoms with Gasteiger partial charge in [-0.15, -0.1) is 0 Å². The number of nitrogens with one attached hydrogen (secondary N) is 2. The Hall–Kier alpha value is -4.39. The number of carbonyl (C=O) groups excluding carboxylic acids is 2. The molecule has 0 saturated carbocycles. The Morgan fingerprint density at radius 1 is 0.824 bits per heavy atom. The summed E-state index contributed by atoms with van der Waals surface area (Å²) in [5.74, 6) is 0.791. The third kappa shape index (κ3) is 5.69. The van der Waals surface area contributed by atoms with Gasteiger partial charge in [-0.1, -0.05) is 48.5 Å². The standard InChI is InChI=1S/C27H25N3O4/c1-33-20-11-13-21(14-12-20)34-18-26(31)28-15-16-29-27(32)23-17-25(19-7-3-2-4-8-19)30-24-10-6-5-9-22(23)24/h2-14,17H,15-16,18H2,1H3,(H,28,31)(H,29,32). The second-order valence-corrected chi connectivity index (χ2v) is 7.51. The van der Waals surface area contributed by atoms with Crippen LogP contribution in [0.1, 0.15) is 10.4 Å². The van der Waals surface area contributed by atoms with Crippen LogP contribution in [0.2, 0.25) is 0 Å². The molecule has 3 aromatic carbocycles. The van der Waals surface area contributed by atoms with E-state index in [2.05, 4.69) is 10.6 Å². The first-order valence-corrected chi connectivity index (χ1v) is 10.9. The predicted molar refractivity (Wildman–Crippen MR) is 131 cm³/mol. The predicted octanol–water partition coefficient (Wildman–Crippen LogP) is 3.84. The molecule has 172 valence electrons. The number of benzene rings is 3. The maximum Gasteiger partial charge on any atom is 0.258 e. The molecule has 7 heteroatoms. The van der Waals surface area contributed by atoms with Crippen LogP contribution in [0.3, 0.4) is 0 Å². The number of hydrogen-bond donors (Lipinski definition) is 2. The Morgan fingerprint density at radius 3 is 2.26 bits per heavy atom.